The largest absolute Gasteiger partial charge is 0.481 e. The third kappa shape index (κ3) is 3.29. The molecule has 2 rings (SSSR count). The summed E-state index contributed by atoms with van der Waals surface area (Å²) in [6, 6.07) is 7.65. The van der Waals surface area contributed by atoms with E-state index in [0.717, 1.165) is 17.7 Å². The second-order valence-electron chi connectivity index (χ2n) is 4.99. The minimum absolute atomic E-state index is 0.0289. The van der Waals surface area contributed by atoms with Crippen LogP contribution in [-0.4, -0.2) is 54.4 Å². The maximum absolute atomic E-state index is 12.3. The zero-order valence-corrected chi connectivity index (χ0v) is 11.9. The Hall–Kier alpha value is -2.04. The van der Waals surface area contributed by atoms with E-state index in [1.165, 1.54) is 0 Å². The van der Waals surface area contributed by atoms with E-state index in [1.54, 1.807) is 16.7 Å². The Bertz CT molecular complexity index is 482. The fourth-order valence-electron chi connectivity index (χ4n) is 2.23. The van der Waals surface area contributed by atoms with Crippen molar-refractivity contribution in [2.45, 2.75) is 20.0 Å². The van der Waals surface area contributed by atoms with Gasteiger partial charge < -0.3 is 14.5 Å². The van der Waals surface area contributed by atoms with Crippen LogP contribution in [0.2, 0.25) is 0 Å². The van der Waals surface area contributed by atoms with E-state index in [4.69, 9.17) is 4.74 Å². The lowest BCUT2D eigenvalue weighted by atomic mass is 10.2. The van der Waals surface area contributed by atoms with Crippen LogP contribution in [0.4, 0.5) is 0 Å². The van der Waals surface area contributed by atoms with E-state index < -0.39 is 6.10 Å². The lowest BCUT2D eigenvalue weighted by Gasteiger charge is -2.34. The van der Waals surface area contributed by atoms with Gasteiger partial charge in [-0.2, -0.15) is 0 Å². The molecule has 1 aliphatic heterocycles. The highest BCUT2D eigenvalue weighted by Gasteiger charge is 2.25. The Morgan fingerprint density at radius 2 is 1.90 bits per heavy atom. The summed E-state index contributed by atoms with van der Waals surface area (Å²) in [4.78, 5) is 26.4. The lowest BCUT2D eigenvalue weighted by molar-refractivity contribution is -0.141. The Morgan fingerprint density at radius 3 is 2.50 bits per heavy atom. The van der Waals surface area contributed by atoms with Crippen molar-refractivity contribution in [1.29, 1.82) is 0 Å². The second-order valence-corrected chi connectivity index (χ2v) is 4.99. The van der Waals surface area contributed by atoms with Crippen molar-refractivity contribution < 1.29 is 14.3 Å². The number of hydrogen-bond acceptors (Lipinski definition) is 3. The first kappa shape index (κ1) is 14.4. The SMILES string of the molecule is Cc1ccccc1O[C@H](C)C(=O)N1CCN(C=O)CC1. The molecule has 108 valence electrons. The molecule has 0 aliphatic carbocycles. The Labute approximate surface area is 119 Å². The molecule has 0 radical (unpaired) electrons. The number of carbonyl (C=O) groups excluding carboxylic acids is 2. The first-order chi connectivity index (χ1) is 9.61. The standard InChI is InChI=1S/C15H20N2O3/c1-12-5-3-4-6-14(12)20-13(2)15(19)17-9-7-16(11-18)8-10-17/h3-6,11,13H,7-10H2,1-2H3/t13-/m1/s1. The van der Waals surface area contributed by atoms with Crippen LogP contribution in [0, 0.1) is 6.92 Å². The van der Waals surface area contributed by atoms with Crippen molar-refractivity contribution in [2.24, 2.45) is 0 Å². The zero-order valence-electron chi connectivity index (χ0n) is 11.9. The summed E-state index contributed by atoms with van der Waals surface area (Å²) in [5.41, 5.74) is 1.01. The predicted molar refractivity (Wildman–Crippen MR) is 75.5 cm³/mol. The predicted octanol–water partition coefficient (Wildman–Crippen LogP) is 1.06. The van der Waals surface area contributed by atoms with Crippen molar-refractivity contribution in [3.8, 4) is 5.75 Å². The molecule has 0 bridgehead atoms. The molecule has 0 saturated carbocycles. The summed E-state index contributed by atoms with van der Waals surface area (Å²) >= 11 is 0. The molecule has 1 atom stereocenters. The summed E-state index contributed by atoms with van der Waals surface area (Å²) in [6.45, 7) is 6.03. The quantitative estimate of drug-likeness (QED) is 0.773. The van der Waals surface area contributed by atoms with Crippen molar-refractivity contribution in [3.63, 3.8) is 0 Å². The number of hydrogen-bond donors (Lipinski definition) is 0. The molecule has 1 saturated heterocycles. The maximum Gasteiger partial charge on any atom is 0.263 e. The van der Waals surface area contributed by atoms with E-state index in [0.29, 0.717) is 26.2 Å². The molecule has 1 aromatic carbocycles. The first-order valence-corrected chi connectivity index (χ1v) is 6.82. The number of piperazine rings is 1. The second kappa shape index (κ2) is 6.41. The van der Waals surface area contributed by atoms with Gasteiger partial charge in [0.05, 0.1) is 0 Å². The van der Waals surface area contributed by atoms with Crippen LogP contribution in [0.3, 0.4) is 0 Å². The number of benzene rings is 1. The molecule has 1 aromatic rings. The summed E-state index contributed by atoms with van der Waals surface area (Å²) < 4.78 is 5.74. The van der Waals surface area contributed by atoms with E-state index >= 15 is 0 Å². The van der Waals surface area contributed by atoms with E-state index in [-0.39, 0.29) is 5.91 Å². The highest BCUT2D eigenvalue weighted by atomic mass is 16.5. The molecule has 0 aromatic heterocycles. The molecular weight excluding hydrogens is 256 g/mol. The van der Waals surface area contributed by atoms with Crippen molar-refractivity contribution in [2.75, 3.05) is 26.2 Å². The van der Waals surface area contributed by atoms with Gasteiger partial charge >= 0.3 is 0 Å². The number of rotatable bonds is 4. The zero-order chi connectivity index (χ0) is 14.5. The number of nitrogens with zero attached hydrogens (tertiary/aromatic N) is 2. The van der Waals surface area contributed by atoms with Crippen molar-refractivity contribution in [1.82, 2.24) is 9.80 Å². The van der Waals surface area contributed by atoms with Gasteiger partial charge in [0, 0.05) is 26.2 Å². The molecule has 1 aliphatic rings. The van der Waals surface area contributed by atoms with E-state index in [2.05, 4.69) is 0 Å². The topological polar surface area (TPSA) is 49.9 Å². The van der Waals surface area contributed by atoms with Crippen LogP contribution in [0.5, 0.6) is 5.75 Å². The van der Waals surface area contributed by atoms with Gasteiger partial charge in [-0.3, -0.25) is 9.59 Å². The van der Waals surface area contributed by atoms with E-state index in [9.17, 15) is 9.59 Å². The smallest absolute Gasteiger partial charge is 0.263 e. The van der Waals surface area contributed by atoms with Gasteiger partial charge in [0.15, 0.2) is 6.10 Å². The van der Waals surface area contributed by atoms with Gasteiger partial charge in [-0.15, -0.1) is 0 Å². The average molecular weight is 276 g/mol. The maximum atomic E-state index is 12.3. The van der Waals surface area contributed by atoms with Crippen molar-refractivity contribution in [3.05, 3.63) is 29.8 Å². The third-order valence-electron chi connectivity index (χ3n) is 3.52. The van der Waals surface area contributed by atoms with Crippen LogP contribution in [0.15, 0.2) is 24.3 Å². The van der Waals surface area contributed by atoms with Gasteiger partial charge in [0.2, 0.25) is 6.41 Å². The normalized spacial score (nSPS) is 16.7. The number of amides is 2. The molecule has 5 nitrogen and oxygen atoms in total. The molecule has 20 heavy (non-hydrogen) atoms. The van der Waals surface area contributed by atoms with Gasteiger partial charge in [0.25, 0.3) is 5.91 Å². The van der Waals surface area contributed by atoms with Crippen molar-refractivity contribution >= 4 is 12.3 Å². The minimum atomic E-state index is -0.515. The molecule has 1 heterocycles. The summed E-state index contributed by atoms with van der Waals surface area (Å²) in [5.74, 6) is 0.707. The summed E-state index contributed by atoms with van der Waals surface area (Å²) in [7, 11) is 0. The average Bonchev–Trinajstić information content (AvgIpc) is 2.49. The number of para-hydroxylation sites is 1. The van der Waals surface area contributed by atoms with Gasteiger partial charge in [-0.25, -0.2) is 0 Å². The molecular formula is C15H20N2O3. The molecule has 5 heteroatoms. The molecule has 0 spiro atoms. The highest BCUT2D eigenvalue weighted by molar-refractivity contribution is 5.81. The molecule has 0 unspecified atom stereocenters. The van der Waals surface area contributed by atoms with Crippen LogP contribution in [-0.2, 0) is 9.59 Å². The number of aryl methyl sites for hydroxylation is 1. The molecule has 0 N–H and O–H groups in total. The summed E-state index contributed by atoms with van der Waals surface area (Å²) in [5, 5.41) is 0. The molecule has 1 fully saturated rings. The van der Waals surface area contributed by atoms with Crippen LogP contribution in [0.1, 0.15) is 12.5 Å². The van der Waals surface area contributed by atoms with Crippen LogP contribution < -0.4 is 4.74 Å². The monoisotopic (exact) mass is 276 g/mol. The number of carbonyl (C=O) groups is 2. The van der Waals surface area contributed by atoms with Gasteiger partial charge in [0.1, 0.15) is 5.75 Å². The number of ether oxygens (including phenoxy) is 1. The van der Waals surface area contributed by atoms with Gasteiger partial charge in [-0.1, -0.05) is 18.2 Å². The molecule has 2 amide bonds. The van der Waals surface area contributed by atoms with Crippen LogP contribution in [0.25, 0.3) is 0 Å². The highest BCUT2D eigenvalue weighted by Crippen LogP contribution is 2.18. The summed E-state index contributed by atoms with van der Waals surface area (Å²) in [6.07, 6.45) is 0.314. The Balaban J connectivity index is 1.93. The van der Waals surface area contributed by atoms with Crippen LogP contribution >= 0.6 is 0 Å². The lowest BCUT2D eigenvalue weighted by Crippen LogP contribution is -2.51. The van der Waals surface area contributed by atoms with Gasteiger partial charge in [-0.05, 0) is 25.5 Å². The Kier molecular flexibility index (Phi) is 4.61. The minimum Gasteiger partial charge on any atom is -0.481 e. The fraction of sp³-hybridized carbons (Fsp3) is 0.467. The first-order valence-electron chi connectivity index (χ1n) is 6.82. The third-order valence-corrected chi connectivity index (χ3v) is 3.52. The van der Waals surface area contributed by atoms with E-state index in [1.807, 2.05) is 31.2 Å². The fourth-order valence-corrected chi connectivity index (χ4v) is 2.23. The Morgan fingerprint density at radius 1 is 1.25 bits per heavy atom.